The number of urea groups is 1. The lowest BCUT2D eigenvalue weighted by Crippen LogP contribution is -2.48. The molecule has 1 aromatic rings. The molecule has 0 bridgehead atoms. The molecule has 0 aliphatic heterocycles. The first-order chi connectivity index (χ1) is 11.9. The first-order valence-corrected chi connectivity index (χ1v) is 8.00. The Morgan fingerprint density at radius 1 is 1.15 bits per heavy atom. The van der Waals surface area contributed by atoms with Crippen LogP contribution in [0.5, 0.6) is 5.75 Å². The molecular weight excluding hydrogens is 351 g/mol. The summed E-state index contributed by atoms with van der Waals surface area (Å²) in [7, 11) is 1.66. The Kier molecular flexibility index (Phi) is 7.43. The monoisotopic (exact) mass is 375 g/mol. The third kappa shape index (κ3) is 9.26. The summed E-state index contributed by atoms with van der Waals surface area (Å²) in [6, 6.07) is 5.23. The van der Waals surface area contributed by atoms with Gasteiger partial charge in [0.2, 0.25) is 5.91 Å². The van der Waals surface area contributed by atoms with Crippen molar-refractivity contribution in [2.75, 3.05) is 13.6 Å². The minimum absolute atomic E-state index is 0.0242. The van der Waals surface area contributed by atoms with Crippen molar-refractivity contribution in [3.63, 3.8) is 0 Å². The Morgan fingerprint density at radius 2 is 1.77 bits per heavy atom. The molecule has 0 saturated heterocycles. The Hall–Kier alpha value is -2.29. The fourth-order valence-corrected chi connectivity index (χ4v) is 2.08. The van der Waals surface area contributed by atoms with Crippen LogP contribution in [0.25, 0.3) is 0 Å². The molecule has 1 rings (SSSR count). The second kappa shape index (κ2) is 8.88. The predicted octanol–water partition coefficient (Wildman–Crippen LogP) is 3.03. The molecule has 1 aromatic carbocycles. The van der Waals surface area contributed by atoms with Crippen molar-refractivity contribution in [3.8, 4) is 5.75 Å². The number of halogens is 3. The van der Waals surface area contributed by atoms with E-state index in [4.69, 9.17) is 0 Å². The third-order valence-corrected chi connectivity index (χ3v) is 3.10. The molecule has 146 valence electrons. The number of rotatable bonds is 6. The van der Waals surface area contributed by atoms with Gasteiger partial charge in [0.25, 0.3) is 0 Å². The van der Waals surface area contributed by atoms with Crippen molar-refractivity contribution < 1.29 is 27.5 Å². The molecule has 0 aromatic heterocycles. The van der Waals surface area contributed by atoms with E-state index in [1.165, 1.54) is 18.2 Å². The Bertz CT molecular complexity index is 628. The number of imide groups is 1. The molecule has 0 heterocycles. The number of alkyl halides is 3. The number of para-hydroxylation sites is 1. The molecule has 0 fully saturated rings. The lowest BCUT2D eigenvalue weighted by molar-refractivity contribution is -0.275. The van der Waals surface area contributed by atoms with E-state index in [0.29, 0.717) is 5.56 Å². The van der Waals surface area contributed by atoms with Gasteiger partial charge in [-0.25, -0.2) is 4.79 Å². The average molecular weight is 375 g/mol. The highest BCUT2D eigenvalue weighted by Gasteiger charge is 2.32. The van der Waals surface area contributed by atoms with Crippen molar-refractivity contribution in [1.82, 2.24) is 15.5 Å². The number of hydrogen-bond donors (Lipinski definition) is 2. The van der Waals surface area contributed by atoms with Gasteiger partial charge in [0, 0.05) is 30.6 Å². The first-order valence-electron chi connectivity index (χ1n) is 8.00. The molecule has 0 aliphatic rings. The van der Waals surface area contributed by atoms with E-state index >= 15 is 0 Å². The maximum Gasteiger partial charge on any atom is 0.573 e. The van der Waals surface area contributed by atoms with Crippen LogP contribution in [-0.2, 0) is 11.3 Å². The Morgan fingerprint density at radius 3 is 2.35 bits per heavy atom. The van der Waals surface area contributed by atoms with Gasteiger partial charge < -0.3 is 15.0 Å². The van der Waals surface area contributed by atoms with Gasteiger partial charge in [0.05, 0.1) is 0 Å². The van der Waals surface area contributed by atoms with Gasteiger partial charge in [0.15, 0.2) is 0 Å². The maximum absolute atomic E-state index is 12.4. The lowest BCUT2D eigenvalue weighted by Gasteiger charge is -2.21. The molecule has 0 spiro atoms. The number of carbonyl (C=O) groups is 2. The van der Waals surface area contributed by atoms with Crippen LogP contribution in [0.4, 0.5) is 18.0 Å². The number of carbonyl (C=O) groups excluding carboxylic acids is 2. The van der Waals surface area contributed by atoms with Crippen LogP contribution in [0.1, 0.15) is 32.8 Å². The quantitative estimate of drug-likeness (QED) is 0.802. The lowest BCUT2D eigenvalue weighted by atomic mass is 10.1. The van der Waals surface area contributed by atoms with Crippen molar-refractivity contribution in [3.05, 3.63) is 29.8 Å². The molecule has 6 nitrogen and oxygen atoms in total. The van der Waals surface area contributed by atoms with E-state index in [2.05, 4.69) is 15.4 Å². The summed E-state index contributed by atoms with van der Waals surface area (Å²) in [5.74, 6) is -0.751. The van der Waals surface area contributed by atoms with E-state index in [0.717, 1.165) is 0 Å². The molecule has 0 radical (unpaired) electrons. The van der Waals surface area contributed by atoms with E-state index in [-0.39, 0.29) is 25.3 Å². The minimum atomic E-state index is -4.77. The summed E-state index contributed by atoms with van der Waals surface area (Å²) in [6.45, 7) is 5.77. The van der Waals surface area contributed by atoms with Gasteiger partial charge in [-0.3, -0.25) is 10.1 Å². The molecule has 9 heteroatoms. The Labute approximate surface area is 150 Å². The van der Waals surface area contributed by atoms with Crippen LogP contribution in [0.15, 0.2) is 24.3 Å². The average Bonchev–Trinajstić information content (AvgIpc) is 2.43. The molecule has 26 heavy (non-hydrogen) atoms. The zero-order valence-corrected chi connectivity index (χ0v) is 15.2. The smallest absolute Gasteiger partial charge is 0.405 e. The van der Waals surface area contributed by atoms with Crippen LogP contribution < -0.4 is 15.4 Å². The van der Waals surface area contributed by atoms with Gasteiger partial charge in [-0.1, -0.05) is 18.2 Å². The molecule has 3 amide bonds. The molecule has 0 aliphatic carbocycles. The highest BCUT2D eigenvalue weighted by molar-refractivity contribution is 5.94. The standard InChI is InChI=1S/C17H24F3N3O3/c1-16(2,3)22-15(25)21-14(24)9-10-23(4)11-12-7-5-6-8-13(12)26-17(18,19)20/h5-8H,9-11H2,1-4H3,(H2,21,22,24,25). The second-order valence-corrected chi connectivity index (χ2v) is 6.90. The largest absolute Gasteiger partial charge is 0.573 e. The van der Waals surface area contributed by atoms with Crippen molar-refractivity contribution in [1.29, 1.82) is 0 Å². The molecule has 0 unspecified atom stereocenters. The van der Waals surface area contributed by atoms with Crippen LogP contribution >= 0.6 is 0 Å². The summed E-state index contributed by atoms with van der Waals surface area (Å²) in [4.78, 5) is 25.0. The normalized spacial score (nSPS) is 12.0. The summed E-state index contributed by atoms with van der Waals surface area (Å²) in [5.41, 5.74) is -0.123. The number of amides is 3. The van der Waals surface area contributed by atoms with E-state index in [9.17, 15) is 22.8 Å². The van der Waals surface area contributed by atoms with E-state index < -0.39 is 23.8 Å². The number of hydrogen-bond acceptors (Lipinski definition) is 4. The predicted molar refractivity (Wildman–Crippen MR) is 90.5 cm³/mol. The molecule has 0 atom stereocenters. The first kappa shape index (κ1) is 21.8. The van der Waals surface area contributed by atoms with Crippen LogP contribution in [0.2, 0.25) is 0 Å². The van der Waals surface area contributed by atoms with Crippen LogP contribution in [0.3, 0.4) is 0 Å². The fourth-order valence-electron chi connectivity index (χ4n) is 2.08. The van der Waals surface area contributed by atoms with E-state index in [1.54, 1.807) is 38.8 Å². The minimum Gasteiger partial charge on any atom is -0.405 e. The Balaban J connectivity index is 2.51. The topological polar surface area (TPSA) is 70.7 Å². The molecule has 0 saturated carbocycles. The number of nitrogens with zero attached hydrogens (tertiary/aromatic N) is 1. The number of ether oxygens (including phenoxy) is 1. The van der Waals surface area contributed by atoms with Gasteiger partial charge in [-0.2, -0.15) is 0 Å². The maximum atomic E-state index is 12.4. The van der Waals surface area contributed by atoms with Crippen LogP contribution in [-0.4, -0.2) is 42.3 Å². The van der Waals surface area contributed by atoms with Gasteiger partial charge in [0.1, 0.15) is 5.75 Å². The van der Waals surface area contributed by atoms with Gasteiger partial charge >= 0.3 is 12.4 Å². The summed E-state index contributed by atoms with van der Waals surface area (Å²) in [5, 5.41) is 4.81. The molecule has 2 N–H and O–H groups in total. The highest BCUT2D eigenvalue weighted by atomic mass is 19.4. The molecular formula is C17H24F3N3O3. The highest BCUT2D eigenvalue weighted by Crippen LogP contribution is 2.26. The zero-order valence-electron chi connectivity index (χ0n) is 15.2. The summed E-state index contributed by atoms with van der Waals surface area (Å²) >= 11 is 0. The van der Waals surface area contributed by atoms with Crippen molar-refractivity contribution >= 4 is 11.9 Å². The number of nitrogens with one attached hydrogen (secondary N) is 2. The van der Waals surface area contributed by atoms with Gasteiger partial charge in [-0.05, 0) is 33.9 Å². The summed E-state index contributed by atoms with van der Waals surface area (Å²) in [6.07, 6.45) is -4.74. The van der Waals surface area contributed by atoms with E-state index in [1.807, 2.05) is 0 Å². The number of benzene rings is 1. The summed E-state index contributed by atoms with van der Waals surface area (Å²) < 4.78 is 41.3. The third-order valence-electron chi connectivity index (χ3n) is 3.10. The van der Waals surface area contributed by atoms with Crippen molar-refractivity contribution in [2.24, 2.45) is 0 Å². The van der Waals surface area contributed by atoms with Crippen molar-refractivity contribution in [2.45, 2.75) is 45.6 Å². The van der Waals surface area contributed by atoms with Crippen LogP contribution in [0, 0.1) is 0 Å². The second-order valence-electron chi connectivity index (χ2n) is 6.90. The fraction of sp³-hybridized carbons (Fsp3) is 0.529. The SMILES string of the molecule is CN(CCC(=O)NC(=O)NC(C)(C)C)Cc1ccccc1OC(F)(F)F. The zero-order chi connectivity index (χ0) is 20.0. The van der Waals surface area contributed by atoms with Gasteiger partial charge in [-0.15, -0.1) is 13.2 Å².